The first kappa shape index (κ1) is 21.2. The smallest absolute Gasteiger partial charge is 0.352 e. The number of hydrogen-bond acceptors (Lipinski definition) is 5. The van der Waals surface area contributed by atoms with Gasteiger partial charge in [-0.3, -0.25) is 0 Å². The number of para-hydroxylation sites is 1. The maximum Gasteiger partial charge on any atom is 0.352 e. The van der Waals surface area contributed by atoms with Crippen molar-refractivity contribution in [1.82, 2.24) is 4.57 Å². The average molecular weight is 466 g/mol. The van der Waals surface area contributed by atoms with Crippen LogP contribution in [-0.4, -0.2) is 22.8 Å². The van der Waals surface area contributed by atoms with E-state index >= 15 is 0 Å². The van der Waals surface area contributed by atoms with Crippen molar-refractivity contribution < 1.29 is 29.1 Å². The minimum absolute atomic E-state index is 0.163. The summed E-state index contributed by atoms with van der Waals surface area (Å²) >= 11 is 6.43. The Bertz CT molecular complexity index is 1360. The number of halogens is 1. The molecular formula is C25H20ClNO6. The van der Waals surface area contributed by atoms with Crippen molar-refractivity contribution in [2.45, 2.75) is 19.8 Å². The van der Waals surface area contributed by atoms with Crippen LogP contribution in [-0.2, 0) is 24.6 Å². The van der Waals surface area contributed by atoms with Crippen molar-refractivity contribution in [1.29, 1.82) is 0 Å². The van der Waals surface area contributed by atoms with Gasteiger partial charge >= 0.3 is 5.97 Å². The van der Waals surface area contributed by atoms with Crippen molar-refractivity contribution in [2.24, 2.45) is 0 Å². The Labute approximate surface area is 194 Å². The normalized spacial score (nSPS) is 12.4. The van der Waals surface area contributed by atoms with Crippen molar-refractivity contribution in [3.8, 4) is 17.2 Å². The van der Waals surface area contributed by atoms with Gasteiger partial charge < -0.3 is 24.0 Å². The summed E-state index contributed by atoms with van der Waals surface area (Å²) in [6.07, 6.45) is 0. The molecule has 33 heavy (non-hydrogen) atoms. The Balaban J connectivity index is 1.46. The van der Waals surface area contributed by atoms with Gasteiger partial charge in [-0.05, 0) is 42.0 Å². The van der Waals surface area contributed by atoms with E-state index < -0.39 is 5.97 Å². The number of aromatic carboxylic acids is 1. The molecule has 0 radical (unpaired) electrons. The van der Waals surface area contributed by atoms with E-state index in [1.807, 2.05) is 48.5 Å². The molecule has 1 aromatic heterocycles. The molecule has 0 fully saturated rings. The SMILES string of the molecule is COc1ccccc1COc1ccc2c(c1)cc(C(=O)O)n2Cc1cc2c(cc1Cl)OOC2. The number of hydrogen-bond donors (Lipinski definition) is 1. The predicted octanol–water partition coefficient (Wildman–Crippen LogP) is 5.45. The number of ether oxygens (including phenoxy) is 2. The van der Waals surface area contributed by atoms with Gasteiger partial charge in [-0.2, -0.15) is 4.89 Å². The summed E-state index contributed by atoms with van der Waals surface area (Å²) < 4.78 is 13.1. The zero-order valence-corrected chi connectivity index (χ0v) is 18.5. The van der Waals surface area contributed by atoms with Crippen molar-refractivity contribution in [3.63, 3.8) is 0 Å². The van der Waals surface area contributed by atoms with Gasteiger partial charge in [0, 0.05) is 39.7 Å². The number of benzene rings is 3. The lowest BCUT2D eigenvalue weighted by Crippen LogP contribution is -2.09. The lowest BCUT2D eigenvalue weighted by Gasteiger charge is -2.12. The van der Waals surface area contributed by atoms with E-state index in [-0.39, 0.29) is 5.69 Å². The topological polar surface area (TPSA) is 79.2 Å². The molecule has 5 rings (SSSR count). The molecule has 1 aliphatic heterocycles. The third-order valence-electron chi connectivity index (χ3n) is 5.60. The number of carbonyl (C=O) groups is 1. The van der Waals surface area contributed by atoms with Crippen LogP contribution in [0.1, 0.15) is 27.2 Å². The van der Waals surface area contributed by atoms with Gasteiger partial charge in [-0.25, -0.2) is 4.79 Å². The Morgan fingerprint density at radius 2 is 1.97 bits per heavy atom. The van der Waals surface area contributed by atoms with Crippen LogP contribution in [0.4, 0.5) is 0 Å². The predicted molar refractivity (Wildman–Crippen MR) is 122 cm³/mol. The zero-order chi connectivity index (χ0) is 22.9. The van der Waals surface area contributed by atoms with Crippen molar-refractivity contribution in [3.05, 3.63) is 88.1 Å². The fourth-order valence-corrected chi connectivity index (χ4v) is 4.17. The van der Waals surface area contributed by atoms with Crippen LogP contribution in [0.15, 0.2) is 60.7 Å². The minimum Gasteiger partial charge on any atom is -0.496 e. The summed E-state index contributed by atoms with van der Waals surface area (Å²) in [5.74, 6) is 0.940. The molecule has 0 saturated heterocycles. The second kappa shape index (κ2) is 8.69. The zero-order valence-electron chi connectivity index (χ0n) is 17.7. The van der Waals surface area contributed by atoms with E-state index in [1.165, 1.54) is 0 Å². The Hall–Kier alpha value is -3.68. The number of aromatic nitrogens is 1. The van der Waals surface area contributed by atoms with E-state index in [0.717, 1.165) is 33.3 Å². The largest absolute Gasteiger partial charge is 0.496 e. The Morgan fingerprint density at radius 1 is 1.12 bits per heavy atom. The van der Waals surface area contributed by atoms with E-state index in [1.54, 1.807) is 23.8 Å². The third kappa shape index (κ3) is 4.08. The van der Waals surface area contributed by atoms with Crippen molar-refractivity contribution >= 4 is 28.5 Å². The summed E-state index contributed by atoms with van der Waals surface area (Å²) in [5, 5.41) is 11.0. The monoisotopic (exact) mass is 465 g/mol. The third-order valence-corrected chi connectivity index (χ3v) is 5.95. The second-order valence-corrected chi connectivity index (χ2v) is 8.05. The Morgan fingerprint density at radius 3 is 2.79 bits per heavy atom. The van der Waals surface area contributed by atoms with Gasteiger partial charge in [-0.1, -0.05) is 29.8 Å². The first-order valence-electron chi connectivity index (χ1n) is 10.3. The molecule has 168 valence electrons. The molecule has 0 unspecified atom stereocenters. The van der Waals surface area contributed by atoms with E-state index in [0.29, 0.717) is 36.3 Å². The van der Waals surface area contributed by atoms with Crippen LogP contribution < -0.4 is 14.4 Å². The number of fused-ring (bicyclic) bond motifs is 2. The molecule has 7 nitrogen and oxygen atoms in total. The summed E-state index contributed by atoms with van der Waals surface area (Å²) in [7, 11) is 1.62. The van der Waals surface area contributed by atoms with E-state index in [9.17, 15) is 9.90 Å². The number of carboxylic acids is 1. The van der Waals surface area contributed by atoms with Gasteiger partial charge in [0.25, 0.3) is 0 Å². The summed E-state index contributed by atoms with van der Waals surface area (Å²) in [4.78, 5) is 22.1. The van der Waals surface area contributed by atoms with Gasteiger partial charge in [0.2, 0.25) is 0 Å². The highest BCUT2D eigenvalue weighted by Crippen LogP contribution is 2.34. The van der Waals surface area contributed by atoms with Gasteiger partial charge in [0.05, 0.1) is 7.11 Å². The maximum absolute atomic E-state index is 12.0. The molecule has 0 amide bonds. The quantitative estimate of drug-likeness (QED) is 0.365. The van der Waals surface area contributed by atoms with Crippen LogP contribution in [0.25, 0.3) is 10.9 Å². The number of carboxylic acid groups (broad SMARTS) is 1. The van der Waals surface area contributed by atoms with Crippen LogP contribution in [0.3, 0.4) is 0 Å². The highest BCUT2D eigenvalue weighted by Gasteiger charge is 2.20. The van der Waals surface area contributed by atoms with E-state index in [2.05, 4.69) is 0 Å². The summed E-state index contributed by atoms with van der Waals surface area (Å²) in [6.45, 7) is 0.945. The summed E-state index contributed by atoms with van der Waals surface area (Å²) in [6, 6.07) is 18.4. The molecule has 1 aliphatic rings. The second-order valence-electron chi connectivity index (χ2n) is 7.64. The van der Waals surface area contributed by atoms with Gasteiger partial charge in [0.1, 0.15) is 30.4 Å². The lowest BCUT2D eigenvalue weighted by molar-refractivity contribution is -0.194. The van der Waals surface area contributed by atoms with Gasteiger partial charge in [0.15, 0.2) is 5.75 Å². The Kier molecular flexibility index (Phi) is 5.58. The fourth-order valence-electron chi connectivity index (χ4n) is 3.96. The molecule has 0 bridgehead atoms. The van der Waals surface area contributed by atoms with Gasteiger partial charge in [-0.15, -0.1) is 0 Å². The molecule has 1 N–H and O–H groups in total. The maximum atomic E-state index is 12.0. The molecule has 0 aliphatic carbocycles. The molecule has 0 spiro atoms. The highest BCUT2D eigenvalue weighted by atomic mass is 35.5. The van der Waals surface area contributed by atoms with Crippen LogP contribution in [0.5, 0.6) is 17.2 Å². The molecule has 4 aromatic rings. The van der Waals surface area contributed by atoms with Crippen LogP contribution in [0.2, 0.25) is 5.02 Å². The number of methoxy groups -OCH3 is 1. The molecular weight excluding hydrogens is 446 g/mol. The standard InChI is InChI=1S/C25H20ClNO6/c1-30-23-5-3-2-4-15(23)13-31-19-6-7-21-16(9-19)10-22(25(28)29)27(21)12-17-8-18-14-32-33-24(18)11-20(17)26/h2-11H,12-14H2,1H3,(H,28,29). The molecule has 0 saturated carbocycles. The van der Waals surface area contributed by atoms with E-state index in [4.69, 9.17) is 30.8 Å². The first-order valence-corrected chi connectivity index (χ1v) is 10.6. The average Bonchev–Trinajstić information content (AvgIpc) is 3.42. The van der Waals surface area contributed by atoms with Crippen molar-refractivity contribution in [2.75, 3.05) is 7.11 Å². The highest BCUT2D eigenvalue weighted by molar-refractivity contribution is 6.31. The molecule has 8 heteroatoms. The van der Waals surface area contributed by atoms with Crippen LogP contribution >= 0.6 is 11.6 Å². The number of rotatable bonds is 7. The lowest BCUT2D eigenvalue weighted by atomic mass is 10.1. The molecule has 3 aromatic carbocycles. The minimum atomic E-state index is -1.02. The summed E-state index contributed by atoms with van der Waals surface area (Å²) in [5.41, 5.74) is 3.50. The number of nitrogens with zero attached hydrogens (tertiary/aromatic N) is 1. The first-order chi connectivity index (χ1) is 16.0. The fraction of sp³-hybridized carbons (Fsp3) is 0.160. The molecule has 2 heterocycles. The molecule has 0 atom stereocenters. The van der Waals surface area contributed by atoms with Crippen LogP contribution in [0, 0.1) is 0 Å².